The van der Waals surface area contributed by atoms with E-state index in [0.717, 1.165) is 25.0 Å². The average molecular weight is 417 g/mol. The second-order valence-electron chi connectivity index (χ2n) is 6.72. The van der Waals surface area contributed by atoms with Crippen molar-refractivity contribution in [2.24, 2.45) is 5.92 Å². The van der Waals surface area contributed by atoms with Crippen molar-refractivity contribution < 1.29 is 22.9 Å². The van der Waals surface area contributed by atoms with E-state index in [0.29, 0.717) is 5.69 Å². The number of nitrogens with zero attached hydrogens (tertiary/aromatic N) is 3. The normalized spacial score (nSPS) is 15.3. The van der Waals surface area contributed by atoms with E-state index in [1.807, 2.05) is 0 Å². The predicted molar refractivity (Wildman–Crippen MR) is 95.1 cm³/mol. The molecular weight excluding hydrogens is 401 g/mol. The number of benzene rings is 1. The number of amides is 1. The average Bonchev–Trinajstić information content (AvgIpc) is 3.35. The van der Waals surface area contributed by atoms with Crippen LogP contribution in [-0.2, 0) is 17.5 Å². The summed E-state index contributed by atoms with van der Waals surface area (Å²) in [4.78, 5) is 22.7. The molecule has 1 saturated carbocycles. The quantitative estimate of drug-likeness (QED) is 0.549. The van der Waals surface area contributed by atoms with Crippen LogP contribution >= 0.6 is 11.6 Å². The highest BCUT2D eigenvalue weighted by molar-refractivity contribution is 6.33. The Labute approximate surface area is 162 Å². The van der Waals surface area contributed by atoms with E-state index in [1.54, 1.807) is 0 Å². The van der Waals surface area contributed by atoms with E-state index in [2.05, 4.69) is 10.4 Å². The smallest absolute Gasteiger partial charge is 0.324 e. The number of non-ortho nitro benzene ring substituents is 1. The third-order valence-electron chi connectivity index (χ3n) is 4.41. The number of nitro benzene ring substituents is 1. The number of hydrogen-bond donors (Lipinski definition) is 1. The van der Waals surface area contributed by atoms with Gasteiger partial charge in [-0.1, -0.05) is 18.5 Å². The minimum absolute atomic E-state index is 0.0186. The lowest BCUT2D eigenvalue weighted by Gasteiger charge is -2.15. The molecule has 1 atom stereocenters. The summed E-state index contributed by atoms with van der Waals surface area (Å²) in [6, 6.07) is 4.64. The van der Waals surface area contributed by atoms with Crippen LogP contribution in [0.1, 0.15) is 37.1 Å². The van der Waals surface area contributed by atoms with Crippen LogP contribution in [0.2, 0.25) is 5.02 Å². The zero-order valence-electron chi connectivity index (χ0n) is 14.7. The van der Waals surface area contributed by atoms with Crippen LogP contribution in [0.5, 0.6) is 0 Å². The highest BCUT2D eigenvalue weighted by Gasteiger charge is 2.38. The molecular formula is C17H16ClF3N4O3. The number of hydrogen-bond acceptors (Lipinski definition) is 4. The van der Waals surface area contributed by atoms with Gasteiger partial charge in [0.1, 0.15) is 0 Å². The summed E-state index contributed by atoms with van der Waals surface area (Å²) in [5, 5.41) is 17.1. The third-order valence-corrected chi connectivity index (χ3v) is 4.74. The second kappa shape index (κ2) is 7.42. The zero-order chi connectivity index (χ0) is 20.6. The summed E-state index contributed by atoms with van der Waals surface area (Å²) < 4.78 is 40.1. The first kappa shape index (κ1) is 20.1. The lowest BCUT2D eigenvalue weighted by molar-refractivity contribution is -0.384. The summed E-state index contributed by atoms with van der Waals surface area (Å²) in [5.41, 5.74) is -0.707. The van der Waals surface area contributed by atoms with Gasteiger partial charge in [-0.3, -0.25) is 19.6 Å². The van der Waals surface area contributed by atoms with Gasteiger partial charge in [0, 0.05) is 23.7 Å². The monoisotopic (exact) mass is 416 g/mol. The van der Waals surface area contributed by atoms with Crippen molar-refractivity contribution in [1.82, 2.24) is 9.78 Å². The van der Waals surface area contributed by atoms with E-state index in [4.69, 9.17) is 11.6 Å². The van der Waals surface area contributed by atoms with Gasteiger partial charge in [-0.2, -0.15) is 18.3 Å². The molecule has 2 aromatic rings. The molecule has 28 heavy (non-hydrogen) atoms. The highest BCUT2D eigenvalue weighted by Crippen LogP contribution is 2.42. The first-order chi connectivity index (χ1) is 13.1. The molecule has 11 heteroatoms. The molecule has 1 heterocycles. The molecule has 3 rings (SSSR count). The fraction of sp³-hybridized carbons (Fsp3) is 0.412. The molecule has 1 unspecified atom stereocenters. The van der Waals surface area contributed by atoms with Crippen molar-refractivity contribution in [2.75, 3.05) is 5.32 Å². The highest BCUT2D eigenvalue weighted by atomic mass is 35.5. The molecule has 0 bridgehead atoms. The van der Waals surface area contributed by atoms with Crippen molar-refractivity contribution in [2.45, 2.75) is 38.4 Å². The van der Waals surface area contributed by atoms with Gasteiger partial charge < -0.3 is 5.32 Å². The standard InChI is InChI=1S/C17H16ClF3N4O3/c1-9(16(26)22-13-6-11(25(27)28)4-5-12(13)18)8-24-14(10-2-3-10)7-15(23-24)17(19,20)21/h4-7,9-10H,2-3,8H2,1H3,(H,22,26). The summed E-state index contributed by atoms with van der Waals surface area (Å²) in [7, 11) is 0. The van der Waals surface area contributed by atoms with Gasteiger partial charge >= 0.3 is 6.18 Å². The van der Waals surface area contributed by atoms with Gasteiger partial charge in [0.15, 0.2) is 5.69 Å². The van der Waals surface area contributed by atoms with Crippen LogP contribution in [0.4, 0.5) is 24.5 Å². The summed E-state index contributed by atoms with van der Waals surface area (Å²) >= 11 is 5.96. The molecule has 1 amide bonds. The number of carbonyl (C=O) groups is 1. The van der Waals surface area contributed by atoms with Crippen LogP contribution < -0.4 is 5.32 Å². The number of aromatic nitrogens is 2. The summed E-state index contributed by atoms with van der Waals surface area (Å²) in [6.45, 7) is 1.48. The molecule has 0 aliphatic heterocycles. The number of nitro groups is 1. The Balaban J connectivity index is 1.76. The first-order valence-electron chi connectivity index (χ1n) is 8.46. The fourth-order valence-corrected chi connectivity index (χ4v) is 2.91. The van der Waals surface area contributed by atoms with Crippen LogP contribution in [0, 0.1) is 16.0 Å². The summed E-state index contributed by atoms with van der Waals surface area (Å²) in [5.74, 6) is -1.26. The minimum atomic E-state index is -4.56. The fourth-order valence-electron chi connectivity index (χ4n) is 2.74. The molecule has 0 saturated heterocycles. The summed E-state index contributed by atoms with van der Waals surface area (Å²) in [6.07, 6.45) is -2.99. The Bertz CT molecular complexity index is 925. The van der Waals surface area contributed by atoms with Crippen molar-refractivity contribution in [3.63, 3.8) is 0 Å². The Morgan fingerprint density at radius 1 is 1.43 bits per heavy atom. The van der Waals surface area contributed by atoms with Gasteiger partial charge in [0.2, 0.25) is 5.91 Å². The molecule has 1 N–H and O–H groups in total. The Kier molecular flexibility index (Phi) is 5.33. The van der Waals surface area contributed by atoms with Gasteiger partial charge in [0.25, 0.3) is 5.69 Å². The minimum Gasteiger partial charge on any atom is -0.324 e. The number of alkyl halides is 3. The van der Waals surface area contributed by atoms with Crippen molar-refractivity contribution >= 4 is 28.9 Å². The van der Waals surface area contributed by atoms with E-state index < -0.39 is 28.6 Å². The Hall–Kier alpha value is -2.62. The third kappa shape index (κ3) is 4.44. The van der Waals surface area contributed by atoms with Gasteiger partial charge in [0.05, 0.1) is 28.1 Å². The van der Waals surface area contributed by atoms with Crippen molar-refractivity contribution in [3.05, 3.63) is 50.8 Å². The van der Waals surface area contributed by atoms with E-state index in [9.17, 15) is 28.1 Å². The Morgan fingerprint density at radius 3 is 2.68 bits per heavy atom. The van der Waals surface area contributed by atoms with Crippen molar-refractivity contribution in [3.8, 4) is 0 Å². The maximum absolute atomic E-state index is 13.0. The van der Waals surface area contributed by atoms with Gasteiger partial charge in [-0.05, 0) is 25.0 Å². The molecule has 1 fully saturated rings. The van der Waals surface area contributed by atoms with E-state index >= 15 is 0 Å². The molecule has 1 aromatic heterocycles. The van der Waals surface area contributed by atoms with E-state index in [-0.39, 0.29) is 28.9 Å². The Morgan fingerprint density at radius 2 is 2.11 bits per heavy atom. The number of anilines is 1. The van der Waals surface area contributed by atoms with E-state index in [1.165, 1.54) is 23.7 Å². The van der Waals surface area contributed by atoms with Crippen molar-refractivity contribution in [1.29, 1.82) is 0 Å². The molecule has 0 radical (unpaired) electrons. The predicted octanol–water partition coefficient (Wildman–Crippen LogP) is 4.62. The molecule has 1 aliphatic rings. The maximum atomic E-state index is 13.0. The molecule has 7 nitrogen and oxygen atoms in total. The second-order valence-corrected chi connectivity index (χ2v) is 7.13. The largest absolute Gasteiger partial charge is 0.435 e. The molecule has 1 aliphatic carbocycles. The van der Waals surface area contributed by atoms with Crippen LogP contribution in [-0.4, -0.2) is 20.6 Å². The number of halogens is 4. The first-order valence-corrected chi connectivity index (χ1v) is 8.84. The lowest BCUT2D eigenvalue weighted by Crippen LogP contribution is -2.26. The van der Waals surface area contributed by atoms with Crippen LogP contribution in [0.25, 0.3) is 0 Å². The molecule has 150 valence electrons. The maximum Gasteiger partial charge on any atom is 0.435 e. The van der Waals surface area contributed by atoms with Crippen LogP contribution in [0.15, 0.2) is 24.3 Å². The molecule has 0 spiro atoms. The molecule has 1 aromatic carbocycles. The lowest BCUT2D eigenvalue weighted by atomic mass is 10.1. The van der Waals surface area contributed by atoms with Gasteiger partial charge in [-0.25, -0.2) is 0 Å². The SMILES string of the molecule is CC(Cn1nc(C(F)(F)F)cc1C1CC1)C(=O)Nc1cc([N+](=O)[O-])ccc1Cl. The van der Waals surface area contributed by atoms with Gasteiger partial charge in [-0.15, -0.1) is 0 Å². The zero-order valence-corrected chi connectivity index (χ0v) is 15.4. The number of rotatable bonds is 6. The topological polar surface area (TPSA) is 90.1 Å². The number of carbonyl (C=O) groups excluding carboxylic acids is 1. The number of nitrogens with one attached hydrogen (secondary N) is 1. The van der Waals surface area contributed by atoms with Crippen LogP contribution in [0.3, 0.4) is 0 Å².